The molecule has 0 aromatic heterocycles. The Hall–Kier alpha value is -1.33. The third-order valence-electron chi connectivity index (χ3n) is 2.41. The van der Waals surface area contributed by atoms with E-state index in [1.54, 1.807) is 19.1 Å². The van der Waals surface area contributed by atoms with Crippen LogP contribution in [0.1, 0.15) is 44.4 Å². The van der Waals surface area contributed by atoms with Crippen LogP contribution in [0.2, 0.25) is 0 Å². The van der Waals surface area contributed by atoms with Crippen LogP contribution < -0.4 is 5.73 Å². The van der Waals surface area contributed by atoms with Crippen LogP contribution in [-0.4, -0.2) is 0 Å². The fraction of sp³-hybridized carbons (Fsp3) is 0.467. The van der Waals surface area contributed by atoms with Gasteiger partial charge in [-0.3, -0.25) is 0 Å². The molecule has 0 saturated carbocycles. The van der Waals surface area contributed by atoms with E-state index in [1.165, 1.54) is 0 Å². The van der Waals surface area contributed by atoms with Gasteiger partial charge in [0.15, 0.2) is 0 Å². The zero-order valence-electron chi connectivity index (χ0n) is 11.0. The van der Waals surface area contributed by atoms with Crippen LogP contribution in [0.25, 0.3) is 0 Å². The van der Waals surface area contributed by atoms with Gasteiger partial charge in [-0.2, -0.15) is 0 Å². The van der Waals surface area contributed by atoms with Crippen LogP contribution in [0.15, 0.2) is 18.2 Å². The molecule has 0 aliphatic rings. The first-order valence-corrected chi connectivity index (χ1v) is 5.82. The minimum absolute atomic E-state index is 0.0368. The molecule has 2 heteroatoms. The number of nitrogens with two attached hydrogens (primary N) is 1. The Morgan fingerprint density at radius 2 is 2.00 bits per heavy atom. The van der Waals surface area contributed by atoms with E-state index in [9.17, 15) is 4.39 Å². The van der Waals surface area contributed by atoms with Crippen LogP contribution in [0.5, 0.6) is 0 Å². The summed E-state index contributed by atoms with van der Waals surface area (Å²) < 4.78 is 13.8. The lowest BCUT2D eigenvalue weighted by atomic mass is 9.96. The molecule has 1 nitrogen and oxygen atoms in total. The lowest BCUT2D eigenvalue weighted by Crippen LogP contribution is -2.12. The summed E-state index contributed by atoms with van der Waals surface area (Å²) in [6.45, 7) is 7.86. The fourth-order valence-corrected chi connectivity index (χ4v) is 1.49. The molecule has 0 saturated heterocycles. The van der Waals surface area contributed by atoms with E-state index in [2.05, 4.69) is 11.8 Å². The van der Waals surface area contributed by atoms with Gasteiger partial charge >= 0.3 is 0 Å². The molecule has 1 unspecified atom stereocenters. The highest BCUT2D eigenvalue weighted by Gasteiger charge is 2.12. The van der Waals surface area contributed by atoms with Gasteiger partial charge in [0.2, 0.25) is 0 Å². The lowest BCUT2D eigenvalue weighted by molar-refractivity contribution is 0.566. The van der Waals surface area contributed by atoms with Crippen molar-refractivity contribution in [1.82, 2.24) is 0 Å². The molecule has 0 spiro atoms. The molecular weight excluding hydrogens is 213 g/mol. The molecule has 1 aromatic rings. The number of aryl methyl sites for hydroxylation is 1. The summed E-state index contributed by atoms with van der Waals surface area (Å²) in [5.74, 6) is 5.92. The molecule has 0 aliphatic heterocycles. The van der Waals surface area contributed by atoms with Gasteiger partial charge in [-0.1, -0.05) is 24.1 Å². The van der Waals surface area contributed by atoms with Gasteiger partial charge in [0, 0.05) is 23.4 Å². The van der Waals surface area contributed by atoms with Crippen LogP contribution in [-0.2, 0) is 0 Å². The Kier molecular flexibility index (Phi) is 4.31. The molecule has 0 radical (unpaired) electrons. The Morgan fingerprint density at radius 1 is 1.35 bits per heavy atom. The molecule has 0 aliphatic carbocycles. The fourth-order valence-electron chi connectivity index (χ4n) is 1.49. The summed E-state index contributed by atoms with van der Waals surface area (Å²) in [5.41, 5.74) is 7.09. The maximum Gasteiger partial charge on any atom is 0.130 e. The zero-order valence-corrected chi connectivity index (χ0v) is 11.0. The third kappa shape index (κ3) is 4.20. The van der Waals surface area contributed by atoms with Gasteiger partial charge in [0.25, 0.3) is 0 Å². The highest BCUT2D eigenvalue weighted by molar-refractivity contribution is 5.28. The number of hydrogen-bond acceptors (Lipinski definition) is 1. The van der Waals surface area contributed by atoms with E-state index >= 15 is 0 Å². The first-order chi connectivity index (χ1) is 7.81. The van der Waals surface area contributed by atoms with Gasteiger partial charge in [-0.25, -0.2) is 4.39 Å². The Bertz CT molecular complexity index is 446. The molecule has 2 N–H and O–H groups in total. The smallest absolute Gasteiger partial charge is 0.130 e. The third-order valence-corrected chi connectivity index (χ3v) is 2.41. The van der Waals surface area contributed by atoms with Crippen LogP contribution in [0, 0.1) is 30.0 Å². The summed E-state index contributed by atoms with van der Waals surface area (Å²) in [6, 6.07) is 4.94. The zero-order chi connectivity index (χ0) is 13.1. The van der Waals surface area contributed by atoms with E-state index in [4.69, 9.17) is 5.73 Å². The van der Waals surface area contributed by atoms with Crippen LogP contribution in [0.4, 0.5) is 4.39 Å². The molecular formula is C15H20FN. The standard InChI is InChI=1S/C15H20FN/c1-11-7-5-8-12(14(11)16)13(17)9-6-10-15(2,3)4/h5,7-8,13H,9,17H2,1-4H3. The van der Waals surface area contributed by atoms with Crippen molar-refractivity contribution >= 4 is 0 Å². The quantitative estimate of drug-likeness (QED) is 0.776. The summed E-state index contributed by atoms with van der Waals surface area (Å²) >= 11 is 0. The molecule has 1 rings (SSSR count). The van der Waals surface area contributed by atoms with Gasteiger partial charge < -0.3 is 5.73 Å². The summed E-state index contributed by atoms with van der Waals surface area (Å²) in [6.07, 6.45) is 0.484. The second-order valence-electron chi connectivity index (χ2n) is 5.34. The highest BCUT2D eigenvalue weighted by Crippen LogP contribution is 2.20. The summed E-state index contributed by atoms with van der Waals surface area (Å²) in [4.78, 5) is 0. The van der Waals surface area contributed by atoms with Gasteiger partial charge in [0.1, 0.15) is 5.82 Å². The second-order valence-corrected chi connectivity index (χ2v) is 5.34. The first kappa shape index (κ1) is 13.7. The average molecular weight is 233 g/mol. The van der Waals surface area contributed by atoms with Crippen molar-refractivity contribution in [1.29, 1.82) is 0 Å². The highest BCUT2D eigenvalue weighted by atomic mass is 19.1. The SMILES string of the molecule is Cc1cccc(C(N)CC#CC(C)(C)C)c1F. The lowest BCUT2D eigenvalue weighted by Gasteiger charge is -2.12. The molecule has 0 fully saturated rings. The normalized spacial score (nSPS) is 12.8. The van der Waals surface area contributed by atoms with Crippen molar-refractivity contribution < 1.29 is 4.39 Å². The van der Waals surface area contributed by atoms with Crippen molar-refractivity contribution in [3.05, 3.63) is 35.1 Å². The topological polar surface area (TPSA) is 26.0 Å². The molecule has 0 amide bonds. The number of benzene rings is 1. The largest absolute Gasteiger partial charge is 0.323 e. The Balaban J connectivity index is 2.80. The van der Waals surface area contributed by atoms with E-state index in [0.717, 1.165) is 0 Å². The van der Waals surface area contributed by atoms with E-state index in [1.807, 2.05) is 26.8 Å². The van der Waals surface area contributed by atoms with Gasteiger partial charge in [-0.05, 0) is 33.3 Å². The number of halogens is 1. The van der Waals surface area contributed by atoms with E-state index in [0.29, 0.717) is 17.5 Å². The molecule has 92 valence electrons. The molecule has 1 atom stereocenters. The van der Waals surface area contributed by atoms with Crippen LogP contribution >= 0.6 is 0 Å². The molecule has 17 heavy (non-hydrogen) atoms. The predicted octanol–water partition coefficient (Wildman–Crippen LogP) is 3.57. The van der Waals surface area contributed by atoms with E-state index in [-0.39, 0.29) is 17.3 Å². The summed E-state index contributed by atoms with van der Waals surface area (Å²) in [7, 11) is 0. The van der Waals surface area contributed by atoms with Crippen molar-refractivity contribution in [2.45, 2.75) is 40.2 Å². The van der Waals surface area contributed by atoms with Crippen molar-refractivity contribution in [2.24, 2.45) is 11.1 Å². The first-order valence-electron chi connectivity index (χ1n) is 5.82. The van der Waals surface area contributed by atoms with Crippen LogP contribution in [0.3, 0.4) is 0 Å². The van der Waals surface area contributed by atoms with Gasteiger partial charge in [0.05, 0.1) is 0 Å². The second kappa shape index (κ2) is 5.33. The van der Waals surface area contributed by atoms with Crippen molar-refractivity contribution in [2.75, 3.05) is 0 Å². The monoisotopic (exact) mass is 233 g/mol. The molecule has 1 aromatic carbocycles. The minimum atomic E-state index is -0.357. The number of rotatable bonds is 2. The van der Waals surface area contributed by atoms with E-state index < -0.39 is 0 Å². The predicted molar refractivity (Wildman–Crippen MR) is 69.9 cm³/mol. The Morgan fingerprint density at radius 3 is 2.59 bits per heavy atom. The molecule has 0 heterocycles. The maximum atomic E-state index is 13.8. The average Bonchev–Trinajstić information content (AvgIpc) is 2.20. The molecule has 0 bridgehead atoms. The van der Waals surface area contributed by atoms with Crippen molar-refractivity contribution in [3.8, 4) is 11.8 Å². The summed E-state index contributed by atoms with van der Waals surface area (Å²) in [5, 5.41) is 0. The minimum Gasteiger partial charge on any atom is -0.323 e. The van der Waals surface area contributed by atoms with Gasteiger partial charge in [-0.15, -0.1) is 5.92 Å². The maximum absolute atomic E-state index is 13.8. The number of hydrogen-bond donors (Lipinski definition) is 1. The Labute approximate surface area is 103 Å². The van der Waals surface area contributed by atoms with Crippen molar-refractivity contribution in [3.63, 3.8) is 0 Å².